The summed E-state index contributed by atoms with van der Waals surface area (Å²) in [5, 5.41) is 8.83. The van der Waals surface area contributed by atoms with Crippen molar-refractivity contribution in [2.45, 2.75) is 90.9 Å². The molecule has 0 aromatic heterocycles. The number of hydrogen-bond acceptors (Lipinski definition) is 2. The largest absolute Gasteiger partial charge is 0.481 e. The van der Waals surface area contributed by atoms with Crippen molar-refractivity contribution >= 4 is 5.97 Å². The molecule has 0 aliphatic heterocycles. The van der Waals surface area contributed by atoms with Crippen molar-refractivity contribution in [2.24, 2.45) is 17.6 Å². The molecule has 3 N–H and O–H groups in total. The van der Waals surface area contributed by atoms with Crippen LogP contribution < -0.4 is 5.73 Å². The van der Waals surface area contributed by atoms with Crippen molar-refractivity contribution in [3.63, 3.8) is 0 Å². The number of carboxylic acids is 1. The normalized spacial score (nSPS) is 14.2. The molecule has 0 fully saturated rings. The highest BCUT2D eigenvalue weighted by molar-refractivity contribution is 5.66. The Labute approximate surface area is 143 Å². The third kappa shape index (κ3) is 14.5. The summed E-state index contributed by atoms with van der Waals surface area (Å²) in [7, 11) is 0. The Morgan fingerprint density at radius 2 is 1.74 bits per heavy atom. The standard InChI is InChI=1S/C20H39NO2/c1-3-5-6-7-8-9-10-11-18(4-2)12-13-19(16-17-21)14-15-20(22)23/h9-10,18-19H,3-8,11-17,21H2,1-2H3,(H,22,23)/b10-9-/t18-,19-/m0/s1. The van der Waals surface area contributed by atoms with E-state index in [-0.39, 0.29) is 6.42 Å². The number of unbranched alkanes of at least 4 members (excludes halogenated alkanes) is 4. The Hall–Kier alpha value is -0.830. The second-order valence-corrected chi connectivity index (χ2v) is 6.78. The summed E-state index contributed by atoms with van der Waals surface area (Å²) >= 11 is 0. The monoisotopic (exact) mass is 325 g/mol. The van der Waals surface area contributed by atoms with E-state index in [1.54, 1.807) is 0 Å². The van der Waals surface area contributed by atoms with Crippen LogP contribution in [0.2, 0.25) is 0 Å². The molecule has 0 amide bonds. The van der Waals surface area contributed by atoms with E-state index in [0.29, 0.717) is 12.5 Å². The van der Waals surface area contributed by atoms with E-state index in [0.717, 1.165) is 25.2 Å². The van der Waals surface area contributed by atoms with Gasteiger partial charge in [-0.2, -0.15) is 0 Å². The molecule has 2 atom stereocenters. The van der Waals surface area contributed by atoms with Crippen LogP contribution in [0, 0.1) is 11.8 Å². The molecule has 0 bridgehead atoms. The summed E-state index contributed by atoms with van der Waals surface area (Å²) in [5.74, 6) is 0.514. The maximum Gasteiger partial charge on any atom is 0.303 e. The zero-order valence-electron chi connectivity index (χ0n) is 15.4. The molecule has 0 saturated carbocycles. The molecule has 0 aromatic carbocycles. The van der Waals surface area contributed by atoms with Gasteiger partial charge in [-0.05, 0) is 56.9 Å². The van der Waals surface area contributed by atoms with E-state index in [9.17, 15) is 4.79 Å². The number of carbonyl (C=O) groups is 1. The number of nitrogens with two attached hydrogens (primary N) is 1. The summed E-state index contributed by atoms with van der Waals surface area (Å²) in [4.78, 5) is 10.7. The van der Waals surface area contributed by atoms with Crippen molar-refractivity contribution in [3.8, 4) is 0 Å². The number of aliphatic carboxylic acids is 1. The number of hydrogen-bond donors (Lipinski definition) is 2. The minimum absolute atomic E-state index is 0.277. The zero-order valence-corrected chi connectivity index (χ0v) is 15.4. The predicted octanol–water partition coefficient (Wildman–Crippen LogP) is 5.54. The zero-order chi connectivity index (χ0) is 17.3. The molecule has 0 unspecified atom stereocenters. The van der Waals surface area contributed by atoms with Gasteiger partial charge in [0.25, 0.3) is 0 Å². The molecule has 0 aliphatic carbocycles. The third-order valence-corrected chi connectivity index (χ3v) is 4.76. The van der Waals surface area contributed by atoms with Gasteiger partial charge in [-0.1, -0.05) is 58.1 Å². The molecule has 0 spiro atoms. The quantitative estimate of drug-likeness (QED) is 0.289. The highest BCUT2D eigenvalue weighted by atomic mass is 16.4. The van der Waals surface area contributed by atoms with Crippen molar-refractivity contribution in [1.29, 1.82) is 0 Å². The fourth-order valence-corrected chi connectivity index (χ4v) is 3.05. The van der Waals surface area contributed by atoms with Crippen molar-refractivity contribution in [3.05, 3.63) is 12.2 Å². The van der Waals surface area contributed by atoms with E-state index in [4.69, 9.17) is 10.8 Å². The number of allylic oxidation sites excluding steroid dienone is 2. The summed E-state index contributed by atoms with van der Waals surface area (Å²) < 4.78 is 0. The molecule has 3 heteroatoms. The summed E-state index contributed by atoms with van der Waals surface area (Å²) in [5.41, 5.74) is 5.66. The number of rotatable bonds is 16. The maximum atomic E-state index is 10.7. The lowest BCUT2D eigenvalue weighted by molar-refractivity contribution is -0.137. The van der Waals surface area contributed by atoms with E-state index in [1.807, 2.05) is 0 Å². The Morgan fingerprint density at radius 3 is 2.35 bits per heavy atom. The van der Waals surface area contributed by atoms with Gasteiger partial charge >= 0.3 is 5.97 Å². The van der Waals surface area contributed by atoms with Gasteiger partial charge in [0.1, 0.15) is 0 Å². The van der Waals surface area contributed by atoms with Gasteiger partial charge in [0, 0.05) is 6.42 Å². The summed E-state index contributed by atoms with van der Waals surface area (Å²) in [6.07, 6.45) is 17.9. The molecule has 3 nitrogen and oxygen atoms in total. The molecule has 0 heterocycles. The van der Waals surface area contributed by atoms with Crippen LogP contribution in [-0.4, -0.2) is 17.6 Å². The van der Waals surface area contributed by atoms with Gasteiger partial charge in [0.05, 0.1) is 0 Å². The highest BCUT2D eigenvalue weighted by Crippen LogP contribution is 2.24. The molecule has 0 aromatic rings. The van der Waals surface area contributed by atoms with Crippen molar-refractivity contribution in [2.75, 3.05) is 6.54 Å². The van der Waals surface area contributed by atoms with Gasteiger partial charge in [-0.15, -0.1) is 0 Å². The average Bonchev–Trinajstić information content (AvgIpc) is 2.54. The lowest BCUT2D eigenvalue weighted by atomic mass is 9.87. The number of carboxylic acid groups (broad SMARTS) is 1. The molecule has 0 rings (SSSR count). The van der Waals surface area contributed by atoms with Gasteiger partial charge in [-0.3, -0.25) is 4.79 Å². The molecular formula is C20H39NO2. The highest BCUT2D eigenvalue weighted by Gasteiger charge is 2.13. The first-order chi connectivity index (χ1) is 11.1. The van der Waals surface area contributed by atoms with E-state index in [1.165, 1.54) is 51.4 Å². The smallest absolute Gasteiger partial charge is 0.303 e. The van der Waals surface area contributed by atoms with E-state index in [2.05, 4.69) is 26.0 Å². The minimum Gasteiger partial charge on any atom is -0.481 e. The molecular weight excluding hydrogens is 286 g/mol. The Morgan fingerprint density at radius 1 is 1.00 bits per heavy atom. The SMILES string of the molecule is CCCCCC/C=C\C[C@H](CC)CC[C@H](CCN)CCC(=O)O. The first-order valence-electron chi connectivity index (χ1n) is 9.70. The van der Waals surface area contributed by atoms with Crippen molar-refractivity contribution in [1.82, 2.24) is 0 Å². The van der Waals surface area contributed by atoms with Crippen LogP contribution in [0.3, 0.4) is 0 Å². The van der Waals surface area contributed by atoms with Gasteiger partial charge in [0.2, 0.25) is 0 Å². The van der Waals surface area contributed by atoms with Crippen LogP contribution in [0.1, 0.15) is 90.9 Å². The molecule has 23 heavy (non-hydrogen) atoms. The Kier molecular flexibility index (Phi) is 15.5. The first kappa shape index (κ1) is 22.2. The fraction of sp³-hybridized carbons (Fsp3) is 0.850. The molecule has 0 saturated heterocycles. The Bertz CT molecular complexity index is 302. The second-order valence-electron chi connectivity index (χ2n) is 6.78. The van der Waals surface area contributed by atoms with Gasteiger partial charge in [0.15, 0.2) is 0 Å². The lowest BCUT2D eigenvalue weighted by Gasteiger charge is -2.19. The summed E-state index contributed by atoms with van der Waals surface area (Å²) in [6, 6.07) is 0. The maximum absolute atomic E-state index is 10.7. The topological polar surface area (TPSA) is 63.3 Å². The van der Waals surface area contributed by atoms with E-state index >= 15 is 0 Å². The average molecular weight is 326 g/mol. The fourth-order valence-electron chi connectivity index (χ4n) is 3.05. The van der Waals surface area contributed by atoms with Crippen LogP contribution in [0.4, 0.5) is 0 Å². The second kappa shape index (κ2) is 16.0. The molecule has 0 radical (unpaired) electrons. The van der Waals surface area contributed by atoms with Crippen LogP contribution >= 0.6 is 0 Å². The Balaban J connectivity index is 3.95. The van der Waals surface area contributed by atoms with Crippen LogP contribution in [0.15, 0.2) is 12.2 Å². The van der Waals surface area contributed by atoms with Gasteiger partial charge < -0.3 is 10.8 Å². The minimum atomic E-state index is -0.690. The summed E-state index contributed by atoms with van der Waals surface area (Å²) in [6.45, 7) is 5.17. The van der Waals surface area contributed by atoms with Crippen LogP contribution in [0.5, 0.6) is 0 Å². The van der Waals surface area contributed by atoms with E-state index < -0.39 is 5.97 Å². The first-order valence-corrected chi connectivity index (χ1v) is 9.70. The molecule has 0 aliphatic rings. The van der Waals surface area contributed by atoms with Crippen LogP contribution in [-0.2, 0) is 4.79 Å². The van der Waals surface area contributed by atoms with Crippen LogP contribution in [0.25, 0.3) is 0 Å². The predicted molar refractivity (Wildman–Crippen MR) is 99.6 cm³/mol. The third-order valence-electron chi connectivity index (χ3n) is 4.76. The van der Waals surface area contributed by atoms with Gasteiger partial charge in [-0.25, -0.2) is 0 Å². The van der Waals surface area contributed by atoms with Crippen molar-refractivity contribution < 1.29 is 9.90 Å². The molecule has 136 valence electrons. The lowest BCUT2D eigenvalue weighted by Crippen LogP contribution is -2.12.